The van der Waals surface area contributed by atoms with Crippen molar-refractivity contribution in [1.82, 2.24) is 19.9 Å². The molecule has 24 heteroatoms. The predicted octanol–water partition coefficient (Wildman–Crippen LogP) is -4.52. The molecule has 2 aromatic carbocycles. The molecule has 0 aliphatic carbocycles. The van der Waals surface area contributed by atoms with Gasteiger partial charge in [0.1, 0.15) is 55.6 Å². The molecule has 0 fully saturated rings. The number of fused-ring (bicyclic) bond motifs is 2. The van der Waals surface area contributed by atoms with E-state index in [0.717, 1.165) is 28.2 Å². The van der Waals surface area contributed by atoms with Crippen LogP contribution in [0.1, 0.15) is 66.4 Å². The molecule has 0 aliphatic rings. The maximum absolute atomic E-state index is 11.8. The molecule has 0 atom stereocenters. The van der Waals surface area contributed by atoms with Crippen molar-refractivity contribution in [2.75, 3.05) is 14.2 Å². The minimum absolute atomic E-state index is 0. The van der Waals surface area contributed by atoms with Gasteiger partial charge in [0.2, 0.25) is 29.0 Å². The van der Waals surface area contributed by atoms with Gasteiger partial charge in [0.05, 0.1) is 14.2 Å². The van der Waals surface area contributed by atoms with Gasteiger partial charge >= 0.3 is 69.8 Å². The van der Waals surface area contributed by atoms with Crippen LogP contribution in [0.15, 0.2) is 85.7 Å². The zero-order chi connectivity index (χ0) is 46.4. The summed E-state index contributed by atoms with van der Waals surface area (Å²) in [6.07, 6.45) is 1.21. The van der Waals surface area contributed by atoms with Gasteiger partial charge in [0.15, 0.2) is 11.6 Å². The number of ketones is 1. The molecule has 4 aromatic heterocycles. The summed E-state index contributed by atoms with van der Waals surface area (Å²) in [5.41, 5.74) is 3.31. The Bertz CT molecular complexity index is 2700. The van der Waals surface area contributed by atoms with Crippen LogP contribution in [0.4, 0.5) is 0 Å². The Hall–Kier alpha value is -4.96. The number of benzene rings is 2. The van der Waals surface area contributed by atoms with E-state index in [2.05, 4.69) is 26.5 Å². The Morgan fingerprint density at radius 3 is 1.30 bits per heavy atom. The number of allylic oxidation sites excluding steroid dienone is 1. The Kier molecular flexibility index (Phi) is 21.3. The molecule has 332 valence electrons. The molecule has 0 aliphatic heterocycles. The van der Waals surface area contributed by atoms with Crippen molar-refractivity contribution in [3.05, 3.63) is 122 Å². The Labute approximate surface area is 388 Å². The van der Waals surface area contributed by atoms with Crippen molar-refractivity contribution in [2.45, 2.75) is 53.8 Å². The average Bonchev–Trinajstić information content (AvgIpc) is 3.20. The van der Waals surface area contributed by atoms with Gasteiger partial charge in [-0.2, -0.15) is 19.9 Å². The molecule has 6 rings (SSSR count). The third-order valence-electron chi connectivity index (χ3n) is 7.83. The number of hydrogen-bond acceptors (Lipinski definition) is 21. The van der Waals surface area contributed by atoms with Gasteiger partial charge in [-0.1, -0.05) is 44.7 Å². The van der Waals surface area contributed by atoms with Crippen LogP contribution in [0.25, 0.3) is 27.8 Å². The van der Waals surface area contributed by atoms with Crippen LogP contribution in [0, 0.1) is 0 Å². The first-order valence-electron chi connectivity index (χ1n) is 17.6. The number of ether oxygens (including phenoxy) is 4. The maximum atomic E-state index is 11.8. The van der Waals surface area contributed by atoms with E-state index in [0.29, 0.717) is 53.1 Å². The summed E-state index contributed by atoms with van der Waals surface area (Å²) in [5, 5.41) is 1.12. The van der Waals surface area contributed by atoms with Gasteiger partial charge in [-0.3, -0.25) is 18.5 Å². The molecule has 0 saturated heterocycles. The van der Waals surface area contributed by atoms with Crippen LogP contribution in [0.3, 0.4) is 0 Å². The fourth-order valence-corrected chi connectivity index (χ4v) is 5.08. The first kappa shape index (κ1) is 54.2. The summed E-state index contributed by atoms with van der Waals surface area (Å²) in [6, 6.07) is 17.8. The molecule has 0 radical (unpaired) electrons. The zero-order valence-corrected chi connectivity index (χ0v) is 41.5. The molecule has 0 amide bonds. The molecule has 63 heavy (non-hydrogen) atoms. The summed E-state index contributed by atoms with van der Waals surface area (Å²) in [5.74, 6) is 2.11. The average molecular weight is 1170 g/mol. The van der Waals surface area contributed by atoms with E-state index in [9.17, 15) is 14.4 Å². The first-order chi connectivity index (χ1) is 29.0. The van der Waals surface area contributed by atoms with Gasteiger partial charge in [-0.25, -0.2) is 9.59 Å². The molecule has 0 saturated carbocycles. The minimum atomic E-state index is -6.06. The molecule has 0 bridgehead atoms. The van der Waals surface area contributed by atoms with Crippen LogP contribution in [-0.2, 0) is 55.1 Å². The number of hydrogen-bond donors (Lipinski definition) is 0. The van der Waals surface area contributed by atoms with Gasteiger partial charge in [-0.05, 0) is 71.9 Å². The number of rotatable bonds is 12. The number of nitrogens with zero attached hydrogens (tertiary/aromatic N) is 4. The molecule has 4 heterocycles. The Balaban J connectivity index is 0.000000352. The van der Waals surface area contributed by atoms with Crippen LogP contribution < -0.4 is 93.6 Å². The molecule has 0 spiro atoms. The van der Waals surface area contributed by atoms with Crippen molar-refractivity contribution in [1.29, 1.82) is 0 Å². The summed E-state index contributed by atoms with van der Waals surface area (Å²) < 4.78 is 102. The Morgan fingerprint density at radius 2 is 1.00 bits per heavy atom. The van der Waals surface area contributed by atoms with E-state index >= 15 is 0 Å². The third-order valence-corrected chi connectivity index (χ3v) is 7.83. The number of methoxy groups -OCH3 is 2. The number of carbonyl (C=O) groups is 1. The molecule has 0 N–H and O–H groups in total. The van der Waals surface area contributed by atoms with Crippen LogP contribution in [0.2, 0.25) is 0 Å². The second kappa shape index (κ2) is 24.8. The van der Waals surface area contributed by atoms with Crippen molar-refractivity contribution in [3.8, 4) is 23.3 Å². The van der Waals surface area contributed by atoms with Crippen LogP contribution >= 0.6 is 0 Å². The quantitative estimate of drug-likeness (QED) is 0.0633. The van der Waals surface area contributed by atoms with E-state index < -0.39 is 46.2 Å². The molecule has 21 nitrogen and oxygen atoms in total. The molecule has 0 unspecified atom stereocenters. The standard InChI is InChI=1S/C20H20N2O4.C19H18N2O5.IO4.Na.4O.Os/c1-5-14-10-16(23)26-20-17(14)19(21-18(22-20)12(2)3)25-11-13-6-8-15(24-4)9-7-13;1-4-13-9-15(23)26-19-16(13)18(20-17(21-19)11(2)22)25-10-12-5-7-14(24-3)8-6-12;2-1(3,4)5;;;;;;/h6-10H,2,5,11H2,1,3-4H3;5-9H,4,10H2,1-3H3;;;;;;;/q;;-1;+1;;;;;. The topological polar surface area (TPSA) is 326 Å². The number of aryl methyl sites for hydroxylation is 2. The van der Waals surface area contributed by atoms with Crippen LogP contribution in [-0.4, -0.2) is 39.9 Å². The van der Waals surface area contributed by atoms with E-state index in [4.69, 9.17) is 55.7 Å². The fourth-order valence-electron chi connectivity index (χ4n) is 5.08. The predicted molar refractivity (Wildman–Crippen MR) is 197 cm³/mol. The fraction of sp³-hybridized carbons (Fsp3) is 0.256. The Morgan fingerprint density at radius 1 is 0.667 bits per heavy atom. The number of Topliss-reactive ketones (excluding diaryl/α,β-unsaturated/α-hetero) is 1. The first-order valence-corrected chi connectivity index (χ1v) is 25.3. The normalized spacial score (nSPS) is 10.7. The van der Waals surface area contributed by atoms with E-state index in [1.54, 1.807) is 21.1 Å². The monoisotopic (exact) mass is 1180 g/mol. The SMILES string of the molecule is C=C(C)c1nc(OCc2ccc(OC)cc2)c2c(CC)cc(=O)oc2n1.CCc1cc(=O)oc2nc(C(C)=O)nc(OCc3ccc(OC)cc3)c12.[Na+].[O-][I+3]([O-])([O-])[O-].[O]=[Os](=[O])(=[O])=[O]. The van der Waals surface area contributed by atoms with Gasteiger partial charge in [0, 0.05) is 19.1 Å². The van der Waals surface area contributed by atoms with E-state index in [-0.39, 0.29) is 65.1 Å². The van der Waals surface area contributed by atoms with Gasteiger partial charge < -0.3 is 27.8 Å². The second-order valence-electron chi connectivity index (χ2n) is 12.3. The number of aromatic nitrogens is 4. The zero-order valence-electron chi connectivity index (χ0n) is 34.8. The van der Waals surface area contributed by atoms with Crippen LogP contribution in [0.5, 0.6) is 23.3 Å². The summed E-state index contributed by atoms with van der Waals surface area (Å²) >= 11 is -12.0. The van der Waals surface area contributed by atoms with Crippen molar-refractivity contribution < 1.29 is 125 Å². The molecular weight excluding hydrogens is 1140 g/mol. The molecule has 6 aromatic rings. The summed E-state index contributed by atoms with van der Waals surface area (Å²) in [7, 11) is 3.22. The van der Waals surface area contributed by atoms with Gasteiger partial charge in [-0.15, -0.1) is 0 Å². The number of halogens is 1. The number of carbonyl (C=O) groups excluding carboxylic acids is 1. The molecular formula is C39H38IN4NaO17Os. The summed E-state index contributed by atoms with van der Waals surface area (Å²) in [4.78, 5) is 52.3. The van der Waals surface area contributed by atoms with Gasteiger partial charge in [0.25, 0.3) is 0 Å². The third kappa shape index (κ3) is 18.3. The van der Waals surface area contributed by atoms with Crippen molar-refractivity contribution >= 4 is 33.6 Å². The van der Waals surface area contributed by atoms with E-state index in [1.807, 2.05) is 62.4 Å². The van der Waals surface area contributed by atoms with Crippen molar-refractivity contribution in [2.24, 2.45) is 0 Å². The van der Waals surface area contributed by atoms with Crippen molar-refractivity contribution in [3.63, 3.8) is 0 Å². The van der Waals surface area contributed by atoms with E-state index in [1.165, 1.54) is 19.1 Å². The summed E-state index contributed by atoms with van der Waals surface area (Å²) in [6.45, 7) is 11.4. The second-order valence-corrected chi connectivity index (χ2v) is 17.0.